The zero-order chi connectivity index (χ0) is 22.7. The Morgan fingerprint density at radius 1 is 1.00 bits per heavy atom. The third kappa shape index (κ3) is 4.19. The number of carbonyl (C=O) groups excluding carboxylic acids is 1. The normalized spacial score (nSPS) is 13.8. The van der Waals surface area contributed by atoms with E-state index in [0.717, 1.165) is 0 Å². The molecule has 0 spiro atoms. The predicted octanol–water partition coefficient (Wildman–Crippen LogP) is 4.16. The number of amidine groups is 1. The predicted molar refractivity (Wildman–Crippen MR) is 122 cm³/mol. The Bertz CT molecular complexity index is 1310. The highest BCUT2D eigenvalue weighted by molar-refractivity contribution is 7.90. The molecule has 1 heterocycles. The van der Waals surface area contributed by atoms with Gasteiger partial charge in [-0.15, -0.1) is 4.40 Å². The SMILES string of the molecule is COc1ccccc1N(CCOC(=O)c1ccccc1Cl)C1=NS(=O)(=O)c2ccccc21. The lowest BCUT2D eigenvalue weighted by Crippen LogP contribution is -2.34. The quantitative estimate of drug-likeness (QED) is 0.503. The summed E-state index contributed by atoms with van der Waals surface area (Å²) >= 11 is 6.07. The van der Waals surface area contributed by atoms with E-state index in [-0.39, 0.29) is 29.4 Å². The van der Waals surface area contributed by atoms with Crippen LogP contribution >= 0.6 is 11.6 Å². The van der Waals surface area contributed by atoms with Crippen LogP contribution in [0.4, 0.5) is 5.69 Å². The molecule has 0 N–H and O–H groups in total. The highest BCUT2D eigenvalue weighted by Gasteiger charge is 2.33. The second-order valence-corrected chi connectivity index (χ2v) is 8.81. The number of fused-ring (bicyclic) bond motifs is 1. The zero-order valence-corrected chi connectivity index (χ0v) is 18.6. The van der Waals surface area contributed by atoms with Crippen LogP contribution in [0.2, 0.25) is 5.02 Å². The molecule has 0 atom stereocenters. The number of benzene rings is 3. The van der Waals surface area contributed by atoms with E-state index in [1.54, 1.807) is 71.6 Å². The van der Waals surface area contributed by atoms with Crippen LogP contribution in [0, 0.1) is 0 Å². The molecule has 164 valence electrons. The Hall–Kier alpha value is -3.36. The van der Waals surface area contributed by atoms with Crippen LogP contribution in [0.3, 0.4) is 0 Å². The van der Waals surface area contributed by atoms with Crippen molar-refractivity contribution < 1.29 is 22.7 Å². The van der Waals surface area contributed by atoms with Crippen molar-refractivity contribution in [1.29, 1.82) is 0 Å². The summed E-state index contributed by atoms with van der Waals surface area (Å²) in [6, 6.07) is 20.3. The van der Waals surface area contributed by atoms with Gasteiger partial charge in [-0.05, 0) is 36.4 Å². The summed E-state index contributed by atoms with van der Waals surface area (Å²) in [4.78, 5) is 14.2. The Balaban J connectivity index is 1.66. The van der Waals surface area contributed by atoms with Crippen LogP contribution in [0.5, 0.6) is 5.75 Å². The Morgan fingerprint density at radius 3 is 2.47 bits per heavy atom. The lowest BCUT2D eigenvalue weighted by molar-refractivity contribution is 0.0517. The molecule has 0 fully saturated rings. The van der Waals surface area contributed by atoms with Gasteiger partial charge in [0.15, 0.2) is 5.84 Å². The van der Waals surface area contributed by atoms with Crippen molar-refractivity contribution in [2.45, 2.75) is 4.90 Å². The van der Waals surface area contributed by atoms with E-state index in [0.29, 0.717) is 22.0 Å². The number of halogens is 1. The average Bonchev–Trinajstić information content (AvgIpc) is 3.08. The van der Waals surface area contributed by atoms with Crippen molar-refractivity contribution in [3.05, 3.63) is 88.9 Å². The Kier molecular flexibility index (Phi) is 6.16. The summed E-state index contributed by atoms with van der Waals surface area (Å²) in [5, 5.41) is 0.291. The van der Waals surface area contributed by atoms with E-state index >= 15 is 0 Å². The van der Waals surface area contributed by atoms with Crippen LogP contribution in [0.1, 0.15) is 15.9 Å². The van der Waals surface area contributed by atoms with Gasteiger partial charge in [0.25, 0.3) is 10.0 Å². The summed E-state index contributed by atoms with van der Waals surface area (Å²) in [5.74, 6) is 0.185. The Labute approximate surface area is 190 Å². The summed E-state index contributed by atoms with van der Waals surface area (Å²) in [6.07, 6.45) is 0. The monoisotopic (exact) mass is 470 g/mol. The molecule has 0 unspecified atom stereocenters. The van der Waals surface area contributed by atoms with Gasteiger partial charge in [-0.1, -0.05) is 48.0 Å². The van der Waals surface area contributed by atoms with Crippen LogP contribution in [0.25, 0.3) is 0 Å². The molecule has 4 rings (SSSR count). The van der Waals surface area contributed by atoms with Crippen molar-refractivity contribution in [3.8, 4) is 5.75 Å². The highest BCUT2D eigenvalue weighted by Crippen LogP contribution is 2.34. The van der Waals surface area contributed by atoms with E-state index in [1.165, 1.54) is 13.2 Å². The molecule has 0 bridgehead atoms. The molecule has 7 nitrogen and oxygen atoms in total. The molecule has 0 saturated heterocycles. The number of rotatable bonds is 6. The minimum atomic E-state index is -3.84. The first-order valence-electron chi connectivity index (χ1n) is 9.69. The molecule has 3 aromatic rings. The van der Waals surface area contributed by atoms with E-state index in [1.807, 2.05) is 0 Å². The van der Waals surface area contributed by atoms with E-state index in [2.05, 4.69) is 4.40 Å². The van der Waals surface area contributed by atoms with Crippen LogP contribution < -0.4 is 9.64 Å². The van der Waals surface area contributed by atoms with Crippen LogP contribution in [-0.2, 0) is 14.8 Å². The third-order valence-electron chi connectivity index (χ3n) is 4.89. The first-order valence-corrected chi connectivity index (χ1v) is 11.5. The summed E-state index contributed by atoms with van der Waals surface area (Å²) in [7, 11) is -2.31. The number of sulfonamides is 1. The second-order valence-electron chi connectivity index (χ2n) is 6.83. The Morgan fingerprint density at radius 2 is 1.69 bits per heavy atom. The zero-order valence-electron chi connectivity index (χ0n) is 17.1. The number of ether oxygens (including phenoxy) is 2. The number of methoxy groups -OCH3 is 1. The third-order valence-corrected chi connectivity index (χ3v) is 6.54. The first kappa shape index (κ1) is 21.9. The number of carbonyl (C=O) groups is 1. The fraction of sp³-hybridized carbons (Fsp3) is 0.130. The second kappa shape index (κ2) is 9.02. The van der Waals surface area contributed by atoms with Gasteiger partial charge in [0.1, 0.15) is 17.3 Å². The summed E-state index contributed by atoms with van der Waals surface area (Å²) in [5.41, 5.74) is 1.31. The van der Waals surface area contributed by atoms with Crippen molar-refractivity contribution in [1.82, 2.24) is 0 Å². The van der Waals surface area contributed by atoms with Crippen molar-refractivity contribution >= 4 is 39.1 Å². The molecule has 0 radical (unpaired) electrons. The molecule has 3 aromatic carbocycles. The average molecular weight is 471 g/mol. The topological polar surface area (TPSA) is 85.3 Å². The van der Waals surface area contributed by atoms with Crippen LogP contribution in [0.15, 0.2) is 82.1 Å². The van der Waals surface area contributed by atoms with E-state index in [9.17, 15) is 13.2 Å². The number of esters is 1. The fourth-order valence-corrected chi connectivity index (χ4v) is 4.83. The number of hydrogen-bond donors (Lipinski definition) is 0. The molecule has 0 aliphatic carbocycles. The maximum absolute atomic E-state index is 12.6. The highest BCUT2D eigenvalue weighted by atomic mass is 35.5. The smallest absolute Gasteiger partial charge is 0.339 e. The van der Waals surface area contributed by atoms with Gasteiger partial charge in [-0.3, -0.25) is 0 Å². The van der Waals surface area contributed by atoms with Gasteiger partial charge in [-0.2, -0.15) is 8.42 Å². The van der Waals surface area contributed by atoms with Crippen molar-refractivity contribution in [2.75, 3.05) is 25.2 Å². The standard InChI is InChI=1S/C23H19ClN2O5S/c1-30-20-12-6-5-11-19(20)26(14-15-31-23(27)16-8-2-4-10-18(16)24)22-17-9-3-7-13-21(17)32(28,29)25-22/h2-13H,14-15H2,1H3. The summed E-state index contributed by atoms with van der Waals surface area (Å²) in [6.45, 7) is 0.0998. The molecular formula is C23H19ClN2O5S. The summed E-state index contributed by atoms with van der Waals surface area (Å²) < 4.78 is 40.1. The molecule has 1 aliphatic rings. The molecule has 32 heavy (non-hydrogen) atoms. The number of para-hydroxylation sites is 2. The molecule has 0 aromatic heterocycles. The van der Waals surface area contributed by atoms with Gasteiger partial charge >= 0.3 is 5.97 Å². The van der Waals surface area contributed by atoms with Gasteiger partial charge in [0.05, 0.1) is 29.9 Å². The molecule has 0 saturated carbocycles. The van der Waals surface area contributed by atoms with E-state index in [4.69, 9.17) is 21.1 Å². The number of nitrogens with zero attached hydrogens (tertiary/aromatic N) is 2. The van der Waals surface area contributed by atoms with Gasteiger partial charge in [-0.25, -0.2) is 4.79 Å². The van der Waals surface area contributed by atoms with E-state index < -0.39 is 16.0 Å². The molecule has 9 heteroatoms. The maximum atomic E-state index is 12.6. The lowest BCUT2D eigenvalue weighted by Gasteiger charge is -2.26. The lowest BCUT2D eigenvalue weighted by atomic mass is 10.1. The minimum Gasteiger partial charge on any atom is -0.495 e. The number of hydrogen-bond acceptors (Lipinski definition) is 6. The maximum Gasteiger partial charge on any atom is 0.339 e. The van der Waals surface area contributed by atoms with Crippen molar-refractivity contribution in [2.24, 2.45) is 4.40 Å². The molecule has 0 amide bonds. The number of anilines is 1. The van der Waals surface area contributed by atoms with Crippen LogP contribution in [-0.4, -0.2) is 40.5 Å². The fourth-order valence-electron chi connectivity index (χ4n) is 3.41. The van der Waals surface area contributed by atoms with Gasteiger partial charge < -0.3 is 14.4 Å². The molecular weight excluding hydrogens is 452 g/mol. The first-order chi connectivity index (χ1) is 15.4. The molecule has 1 aliphatic heterocycles. The minimum absolute atomic E-state index is 0.0384. The van der Waals surface area contributed by atoms with Gasteiger partial charge in [0.2, 0.25) is 0 Å². The van der Waals surface area contributed by atoms with Gasteiger partial charge in [0, 0.05) is 5.56 Å². The largest absolute Gasteiger partial charge is 0.495 e. The van der Waals surface area contributed by atoms with Crippen molar-refractivity contribution in [3.63, 3.8) is 0 Å².